The van der Waals surface area contributed by atoms with Crippen molar-refractivity contribution in [2.75, 3.05) is 0 Å². The minimum atomic E-state index is 0. The van der Waals surface area contributed by atoms with Gasteiger partial charge < -0.3 is 0 Å². The number of rotatable bonds is 6. The molecule has 0 aromatic heterocycles. The molecule has 0 nitrogen and oxygen atoms in total. The van der Waals surface area contributed by atoms with Crippen LogP contribution in [-0.4, -0.2) is 58.2 Å². The van der Waals surface area contributed by atoms with E-state index < -0.39 is 0 Å². The fourth-order valence-corrected chi connectivity index (χ4v) is 5.60. The van der Waals surface area contributed by atoms with Crippen LogP contribution in [0.25, 0.3) is 0 Å². The molecule has 2 aromatic rings. The van der Waals surface area contributed by atoms with Crippen molar-refractivity contribution in [2.45, 2.75) is 70.6 Å². The Balaban J connectivity index is 0.00000225. The molecule has 31 heavy (non-hydrogen) atoms. The zero-order valence-electron chi connectivity index (χ0n) is 19.6. The fraction of sp³-hybridized carbons (Fsp3) is 0.556. The van der Waals surface area contributed by atoms with Crippen molar-refractivity contribution in [3.8, 4) is 0 Å². The predicted molar refractivity (Wildman–Crippen MR) is 119 cm³/mol. The van der Waals surface area contributed by atoms with Gasteiger partial charge in [-0.05, 0) is 68.6 Å². The van der Waals surface area contributed by atoms with Crippen LogP contribution >= 0.6 is 0 Å². The van der Waals surface area contributed by atoms with Gasteiger partial charge in [0.05, 0.1) is 0 Å². The average molecular weight is 848 g/mol. The normalized spacial score (nSPS) is 25.0. The molecule has 4 rings (SSSR count). The van der Waals surface area contributed by atoms with Crippen molar-refractivity contribution in [1.29, 1.82) is 0 Å². The van der Waals surface area contributed by atoms with Gasteiger partial charge in [-0.15, -0.1) is 0 Å². The molecule has 153 valence electrons. The maximum atomic E-state index is 3.14. The summed E-state index contributed by atoms with van der Waals surface area (Å²) in [6.07, 6.45) is 15.8. The Morgan fingerprint density at radius 1 is 0.548 bits per heavy atom. The van der Waals surface area contributed by atoms with Crippen LogP contribution in [0, 0.1) is 80.8 Å². The Morgan fingerprint density at radius 3 is 1.16 bits per heavy atom. The van der Waals surface area contributed by atoms with Crippen molar-refractivity contribution in [3.63, 3.8) is 0 Å². The van der Waals surface area contributed by atoms with Crippen LogP contribution in [-0.2, 0) is 78.3 Å². The molecule has 5 radical (unpaired) electrons. The Kier molecular flexibility index (Phi) is 22.5. The van der Waals surface area contributed by atoms with Crippen LogP contribution in [0.15, 0.2) is 48.5 Å². The molecular weight excluding hydrogens is 814 g/mol. The Morgan fingerprint density at radius 2 is 0.839 bits per heavy atom. The van der Waals surface area contributed by atoms with Crippen molar-refractivity contribution >= 4 is 58.2 Å². The summed E-state index contributed by atoms with van der Waals surface area (Å²) in [5.41, 5.74) is 3.01. The van der Waals surface area contributed by atoms with Crippen molar-refractivity contribution in [3.05, 3.63) is 71.8 Å². The molecule has 0 aliphatic heterocycles. The molecule has 2 aliphatic rings. The van der Waals surface area contributed by atoms with Gasteiger partial charge in [0.2, 0.25) is 0 Å². The molecule has 0 unspecified atom stereocenters. The fourth-order valence-electron chi connectivity index (χ4n) is 5.60. The van der Waals surface area contributed by atoms with E-state index in [4.69, 9.17) is 0 Å². The molecule has 0 saturated heterocycles. The molecule has 0 atom stereocenters. The van der Waals surface area contributed by atoms with Gasteiger partial charge in [-0.25, -0.2) is 0 Å². The molecular formula is C27H34RaRbY2-2. The smallest absolute Gasteiger partial charge is 0 e. The molecule has 4 heteroatoms. The van der Waals surface area contributed by atoms with E-state index in [9.17, 15) is 0 Å². The van der Waals surface area contributed by atoms with Crippen molar-refractivity contribution in [1.82, 2.24) is 0 Å². The Hall–Kier alpha value is 3.92. The number of hydrogen-bond acceptors (Lipinski definition) is 0. The largest absolute Gasteiger partial charge is 0.184 e. The second kappa shape index (κ2) is 20.0. The van der Waals surface area contributed by atoms with Crippen LogP contribution in [0.1, 0.15) is 68.9 Å². The predicted octanol–water partition coefficient (Wildman–Crippen LogP) is 6.69. The van der Waals surface area contributed by atoms with E-state index in [0.29, 0.717) is 0 Å². The Bertz CT molecular complexity index is 607. The van der Waals surface area contributed by atoms with E-state index in [1.807, 2.05) is 0 Å². The summed E-state index contributed by atoms with van der Waals surface area (Å²) in [6, 6.07) is 23.5. The monoisotopic (exact) mass is 847 g/mol. The summed E-state index contributed by atoms with van der Waals surface area (Å²) < 4.78 is 0. The van der Waals surface area contributed by atoms with E-state index in [0.717, 1.165) is 23.7 Å². The van der Waals surface area contributed by atoms with Crippen molar-refractivity contribution in [2.24, 2.45) is 23.7 Å². The minimum Gasteiger partial charge on any atom is -0.184 e. The maximum absolute atomic E-state index is 3.14. The second-order valence-corrected chi connectivity index (χ2v) is 9.23. The number of benzene rings is 2. The third kappa shape index (κ3) is 12.8. The molecule has 0 amide bonds. The van der Waals surface area contributed by atoms with E-state index in [-0.39, 0.29) is 169 Å². The van der Waals surface area contributed by atoms with Crippen LogP contribution in [0.4, 0.5) is 0 Å². The third-order valence-electron chi connectivity index (χ3n) is 7.22. The van der Waals surface area contributed by atoms with Crippen LogP contribution in [0.2, 0.25) is 0 Å². The molecule has 0 spiro atoms. The molecule has 0 N–H and O–H groups in total. The first-order chi connectivity index (χ1) is 13.3. The van der Waals surface area contributed by atoms with Gasteiger partial charge in [-0.3, -0.25) is 0 Å². The zero-order valence-corrected chi connectivity index (χ0v) is 36.0. The van der Waals surface area contributed by atoms with Gasteiger partial charge in [0.25, 0.3) is 0 Å². The average Bonchev–Trinajstić information content (AvgIpc) is 2.73. The number of hydrogen-bond donors (Lipinski definition) is 0. The maximum Gasteiger partial charge on any atom is 0 e. The molecule has 0 bridgehead atoms. The van der Waals surface area contributed by atoms with Crippen LogP contribution in [0.5, 0.6) is 0 Å². The molecule has 2 fully saturated rings. The summed E-state index contributed by atoms with van der Waals surface area (Å²) in [5.74, 6) is 3.86. The topological polar surface area (TPSA) is 0 Å². The van der Waals surface area contributed by atoms with Gasteiger partial charge in [-0.2, -0.15) is 71.8 Å². The van der Waals surface area contributed by atoms with Gasteiger partial charge in [0, 0.05) is 169 Å². The molecule has 2 saturated carbocycles. The standard InChI is InChI=1S/C27H34.Ra.Rb.2Y/c1-3-7-22(8-4-1)19-24-11-15-26(16-12-24)21-27-17-13-25(14-18-27)20-23-9-5-2-6-10-23;;;;/h3-10,24-27H,11-21H2;;;;/q-2;;;;. The van der Waals surface area contributed by atoms with Crippen LogP contribution in [0.3, 0.4) is 0 Å². The van der Waals surface area contributed by atoms with E-state index >= 15 is 0 Å². The summed E-state index contributed by atoms with van der Waals surface area (Å²) in [4.78, 5) is 0. The summed E-state index contributed by atoms with van der Waals surface area (Å²) in [7, 11) is 0. The van der Waals surface area contributed by atoms with E-state index in [1.54, 1.807) is 0 Å². The SMILES string of the molecule is [Ra].[Rb].[Y].[Y].[c-]1ccc(CC2CCC(CC3CCC(Cc4cc[c-]cc4)CC3)CC2)cc1. The van der Waals surface area contributed by atoms with E-state index in [1.165, 1.54) is 81.8 Å². The van der Waals surface area contributed by atoms with Crippen molar-refractivity contribution < 1.29 is 110 Å². The second-order valence-electron chi connectivity index (χ2n) is 9.23. The summed E-state index contributed by atoms with van der Waals surface area (Å²) in [6.45, 7) is 0. The molecule has 2 aromatic carbocycles. The minimum absolute atomic E-state index is 0. The summed E-state index contributed by atoms with van der Waals surface area (Å²) >= 11 is 0. The first-order valence-corrected chi connectivity index (χ1v) is 11.2. The molecule has 2 aliphatic carbocycles. The molecule has 0 heterocycles. The third-order valence-corrected chi connectivity index (χ3v) is 7.22. The quantitative estimate of drug-likeness (QED) is 0.285. The van der Waals surface area contributed by atoms with E-state index in [2.05, 4.69) is 60.7 Å². The van der Waals surface area contributed by atoms with Gasteiger partial charge in [-0.1, -0.05) is 25.7 Å². The summed E-state index contributed by atoms with van der Waals surface area (Å²) in [5, 5.41) is 0. The van der Waals surface area contributed by atoms with Gasteiger partial charge in [0.1, 0.15) is 0 Å². The first-order valence-electron chi connectivity index (χ1n) is 11.2. The Labute approximate surface area is 327 Å². The van der Waals surface area contributed by atoms with Crippen LogP contribution < -0.4 is 0 Å². The zero-order chi connectivity index (χ0) is 18.3. The first kappa shape index (κ1) is 34.9. The van der Waals surface area contributed by atoms with Gasteiger partial charge in [0.15, 0.2) is 0 Å². The van der Waals surface area contributed by atoms with Gasteiger partial charge >= 0.3 is 0 Å².